The first-order valence-corrected chi connectivity index (χ1v) is 3.97. The first kappa shape index (κ1) is 9.51. The van der Waals surface area contributed by atoms with Gasteiger partial charge in [0.1, 0.15) is 5.82 Å². The molecule has 0 unspecified atom stereocenters. The summed E-state index contributed by atoms with van der Waals surface area (Å²) >= 11 is 0. The Balaban J connectivity index is 2.61. The summed E-state index contributed by atoms with van der Waals surface area (Å²) in [5, 5.41) is 2.91. The van der Waals surface area contributed by atoms with Crippen molar-refractivity contribution in [3.63, 3.8) is 0 Å². The monoisotopic (exact) mass is 178 g/mol. The topological polar surface area (TPSA) is 68.0 Å². The molecule has 4 heteroatoms. The number of nitrogens with two attached hydrogens (primary N) is 1. The van der Waals surface area contributed by atoms with Gasteiger partial charge in [-0.25, -0.2) is 4.98 Å². The standard InChI is InChI=1S/C9H12N3O/c1-11-9-6-7(4-5-12-9)2-3-8(10)13/h2,4-6H,3H2,1H3,(H2,10,13)(H,11,12). The second-order valence-electron chi connectivity index (χ2n) is 2.60. The van der Waals surface area contributed by atoms with Crippen molar-refractivity contribution >= 4 is 11.7 Å². The Labute approximate surface area is 77.2 Å². The number of hydrogen-bond donors (Lipinski definition) is 2. The van der Waals surface area contributed by atoms with E-state index in [4.69, 9.17) is 5.73 Å². The van der Waals surface area contributed by atoms with Crippen LogP contribution in [0.1, 0.15) is 12.0 Å². The molecular formula is C9H12N3O. The fraction of sp³-hybridized carbons (Fsp3) is 0.222. The quantitative estimate of drug-likeness (QED) is 0.707. The molecule has 1 amide bonds. The van der Waals surface area contributed by atoms with Gasteiger partial charge in [-0.1, -0.05) is 0 Å². The van der Waals surface area contributed by atoms with Crippen LogP contribution in [0.5, 0.6) is 0 Å². The van der Waals surface area contributed by atoms with Crippen molar-refractivity contribution < 1.29 is 4.79 Å². The summed E-state index contributed by atoms with van der Waals surface area (Å²) in [6, 6.07) is 3.67. The van der Waals surface area contributed by atoms with Crippen LogP contribution in [-0.4, -0.2) is 17.9 Å². The number of amides is 1. The minimum atomic E-state index is -0.331. The fourth-order valence-corrected chi connectivity index (χ4v) is 0.929. The van der Waals surface area contributed by atoms with Crippen LogP contribution in [-0.2, 0) is 4.79 Å². The van der Waals surface area contributed by atoms with Gasteiger partial charge in [0.2, 0.25) is 5.91 Å². The van der Waals surface area contributed by atoms with Gasteiger partial charge in [-0.2, -0.15) is 0 Å². The lowest BCUT2D eigenvalue weighted by Gasteiger charge is -2.01. The van der Waals surface area contributed by atoms with Gasteiger partial charge < -0.3 is 11.1 Å². The lowest BCUT2D eigenvalue weighted by atomic mass is 10.1. The SMILES string of the molecule is CNc1cc([CH]CC(N)=O)ccn1. The molecule has 1 radical (unpaired) electrons. The van der Waals surface area contributed by atoms with E-state index in [2.05, 4.69) is 10.3 Å². The molecule has 0 atom stereocenters. The maximum Gasteiger partial charge on any atom is 0.218 e. The summed E-state index contributed by atoms with van der Waals surface area (Å²) in [7, 11) is 1.79. The van der Waals surface area contributed by atoms with Gasteiger partial charge in [-0.05, 0) is 17.7 Å². The Morgan fingerprint density at radius 2 is 2.54 bits per heavy atom. The van der Waals surface area contributed by atoms with Crippen LogP contribution >= 0.6 is 0 Å². The van der Waals surface area contributed by atoms with E-state index in [1.54, 1.807) is 19.7 Å². The normalized spacial score (nSPS) is 9.62. The zero-order valence-electron chi connectivity index (χ0n) is 7.45. The predicted molar refractivity (Wildman–Crippen MR) is 51.0 cm³/mol. The smallest absolute Gasteiger partial charge is 0.218 e. The second kappa shape index (κ2) is 4.45. The van der Waals surface area contributed by atoms with E-state index in [0.717, 1.165) is 11.4 Å². The number of carbonyl (C=O) groups excluding carboxylic acids is 1. The third kappa shape index (κ3) is 3.11. The van der Waals surface area contributed by atoms with Crippen LogP contribution in [0.15, 0.2) is 18.3 Å². The summed E-state index contributed by atoms with van der Waals surface area (Å²) in [4.78, 5) is 14.5. The Hall–Kier alpha value is -1.58. The molecule has 0 fully saturated rings. The van der Waals surface area contributed by atoms with Crippen molar-refractivity contribution in [2.24, 2.45) is 5.73 Å². The maximum atomic E-state index is 10.5. The molecule has 0 spiro atoms. The van der Waals surface area contributed by atoms with E-state index in [9.17, 15) is 4.79 Å². The molecule has 0 aliphatic heterocycles. The number of primary amides is 1. The van der Waals surface area contributed by atoms with E-state index in [1.807, 2.05) is 12.1 Å². The summed E-state index contributed by atoms with van der Waals surface area (Å²) in [6.07, 6.45) is 3.71. The van der Waals surface area contributed by atoms with Gasteiger partial charge in [-0.15, -0.1) is 0 Å². The summed E-state index contributed by atoms with van der Waals surface area (Å²) in [5.74, 6) is 0.445. The van der Waals surface area contributed by atoms with Gasteiger partial charge in [0.15, 0.2) is 0 Å². The van der Waals surface area contributed by atoms with Crippen molar-refractivity contribution in [1.82, 2.24) is 4.98 Å². The van der Waals surface area contributed by atoms with E-state index in [1.165, 1.54) is 0 Å². The number of pyridine rings is 1. The Morgan fingerprint density at radius 3 is 3.15 bits per heavy atom. The molecule has 1 rings (SSSR count). The average Bonchev–Trinajstić information content (AvgIpc) is 2.15. The maximum absolute atomic E-state index is 10.5. The van der Waals surface area contributed by atoms with Gasteiger partial charge in [0, 0.05) is 26.1 Å². The lowest BCUT2D eigenvalue weighted by molar-refractivity contribution is -0.117. The van der Waals surface area contributed by atoms with Crippen molar-refractivity contribution in [1.29, 1.82) is 0 Å². The summed E-state index contributed by atoms with van der Waals surface area (Å²) < 4.78 is 0. The number of nitrogens with one attached hydrogen (secondary N) is 1. The molecule has 1 aromatic heterocycles. The van der Waals surface area contributed by atoms with E-state index < -0.39 is 0 Å². The van der Waals surface area contributed by atoms with Crippen LogP contribution in [0.2, 0.25) is 0 Å². The number of carbonyl (C=O) groups is 1. The number of nitrogens with zero attached hydrogens (tertiary/aromatic N) is 1. The highest BCUT2D eigenvalue weighted by atomic mass is 16.1. The minimum absolute atomic E-state index is 0.257. The molecular weight excluding hydrogens is 166 g/mol. The highest BCUT2D eigenvalue weighted by Crippen LogP contribution is 2.09. The molecule has 1 aromatic rings. The number of aromatic nitrogens is 1. The van der Waals surface area contributed by atoms with E-state index in [-0.39, 0.29) is 12.3 Å². The average molecular weight is 178 g/mol. The number of anilines is 1. The third-order valence-electron chi connectivity index (χ3n) is 1.58. The number of rotatable bonds is 4. The zero-order valence-corrected chi connectivity index (χ0v) is 7.45. The van der Waals surface area contributed by atoms with Crippen LogP contribution in [0.25, 0.3) is 0 Å². The molecule has 69 valence electrons. The van der Waals surface area contributed by atoms with Crippen LogP contribution < -0.4 is 11.1 Å². The first-order valence-electron chi connectivity index (χ1n) is 3.97. The molecule has 0 aromatic carbocycles. The fourth-order valence-electron chi connectivity index (χ4n) is 0.929. The molecule has 1 heterocycles. The summed E-state index contributed by atoms with van der Waals surface area (Å²) in [6.45, 7) is 0. The predicted octanol–water partition coefficient (Wildman–Crippen LogP) is 0.551. The van der Waals surface area contributed by atoms with Gasteiger partial charge in [0.05, 0.1) is 0 Å². The molecule has 4 nitrogen and oxygen atoms in total. The van der Waals surface area contributed by atoms with Crippen molar-refractivity contribution in [3.05, 3.63) is 30.3 Å². The van der Waals surface area contributed by atoms with Crippen LogP contribution in [0.4, 0.5) is 5.82 Å². The van der Waals surface area contributed by atoms with Gasteiger partial charge in [0.25, 0.3) is 0 Å². The van der Waals surface area contributed by atoms with Crippen LogP contribution in [0.3, 0.4) is 0 Å². The lowest BCUT2D eigenvalue weighted by Crippen LogP contribution is -2.10. The molecule has 3 N–H and O–H groups in total. The molecule has 0 bridgehead atoms. The zero-order chi connectivity index (χ0) is 9.68. The highest BCUT2D eigenvalue weighted by Gasteiger charge is 1.98. The van der Waals surface area contributed by atoms with Crippen molar-refractivity contribution in [2.75, 3.05) is 12.4 Å². The van der Waals surface area contributed by atoms with Crippen molar-refractivity contribution in [3.8, 4) is 0 Å². The summed E-state index contributed by atoms with van der Waals surface area (Å²) in [5.41, 5.74) is 5.95. The van der Waals surface area contributed by atoms with Gasteiger partial charge >= 0.3 is 0 Å². The van der Waals surface area contributed by atoms with Crippen molar-refractivity contribution in [2.45, 2.75) is 6.42 Å². The molecule has 0 saturated carbocycles. The Morgan fingerprint density at radius 1 is 1.77 bits per heavy atom. The van der Waals surface area contributed by atoms with Gasteiger partial charge in [-0.3, -0.25) is 4.79 Å². The van der Waals surface area contributed by atoms with E-state index in [0.29, 0.717) is 0 Å². The van der Waals surface area contributed by atoms with Crippen LogP contribution in [0, 0.1) is 6.42 Å². The second-order valence-corrected chi connectivity index (χ2v) is 2.60. The first-order chi connectivity index (χ1) is 6.22. The Bertz CT molecular complexity index is 299. The Kier molecular flexibility index (Phi) is 3.25. The van der Waals surface area contributed by atoms with E-state index >= 15 is 0 Å². The largest absolute Gasteiger partial charge is 0.373 e. The number of hydrogen-bond acceptors (Lipinski definition) is 3. The third-order valence-corrected chi connectivity index (χ3v) is 1.58. The molecule has 13 heavy (non-hydrogen) atoms. The highest BCUT2D eigenvalue weighted by molar-refractivity contribution is 5.75. The molecule has 0 aliphatic rings. The molecule has 0 aliphatic carbocycles. The minimum Gasteiger partial charge on any atom is -0.373 e. The molecule has 0 saturated heterocycles.